The van der Waals surface area contributed by atoms with Crippen LogP contribution in [0.1, 0.15) is 25.0 Å². The van der Waals surface area contributed by atoms with Crippen molar-refractivity contribution in [2.75, 3.05) is 18.6 Å². The predicted octanol–water partition coefficient (Wildman–Crippen LogP) is 5.28. The van der Waals surface area contributed by atoms with Crippen molar-refractivity contribution in [3.8, 4) is 5.75 Å². The first-order chi connectivity index (χ1) is 16.3. The number of ether oxygens (including phenoxy) is 1. The van der Waals surface area contributed by atoms with Gasteiger partial charge in [0.1, 0.15) is 17.3 Å². The largest absolute Gasteiger partial charge is 0.493 e. The molecule has 0 aromatic heterocycles. The van der Waals surface area contributed by atoms with E-state index in [0.29, 0.717) is 36.1 Å². The molecule has 0 saturated carbocycles. The molecule has 1 heterocycles. The molecule has 6 heteroatoms. The normalized spacial score (nSPS) is 13.7. The maximum atomic E-state index is 13.6. The van der Waals surface area contributed by atoms with Gasteiger partial charge in [0.25, 0.3) is 11.8 Å². The van der Waals surface area contributed by atoms with Crippen molar-refractivity contribution in [3.05, 3.63) is 102 Å². The van der Waals surface area contributed by atoms with Crippen LogP contribution in [0.25, 0.3) is 5.57 Å². The molecule has 174 valence electrons. The Morgan fingerprint density at radius 2 is 1.53 bits per heavy atom. The van der Waals surface area contributed by atoms with Crippen LogP contribution in [0.4, 0.5) is 10.1 Å². The van der Waals surface area contributed by atoms with Crippen LogP contribution in [0.2, 0.25) is 0 Å². The maximum absolute atomic E-state index is 13.6. The molecule has 0 radical (unpaired) electrons. The number of rotatable bonds is 8. The number of imide groups is 1. The number of amides is 2. The highest BCUT2D eigenvalue weighted by molar-refractivity contribution is 6.45. The molecule has 0 atom stereocenters. The minimum absolute atomic E-state index is 0.253. The second-order valence-corrected chi connectivity index (χ2v) is 8.72. The molecule has 4 rings (SSSR count). The molecule has 0 aliphatic carbocycles. The maximum Gasteiger partial charge on any atom is 0.282 e. The quantitative estimate of drug-likeness (QED) is 0.431. The Morgan fingerprint density at radius 1 is 0.882 bits per heavy atom. The monoisotopic (exact) mass is 458 g/mol. The molecule has 0 fully saturated rings. The number of carbonyl (C=O) groups excluding carboxylic acids is 2. The van der Waals surface area contributed by atoms with Crippen LogP contribution >= 0.6 is 0 Å². The number of carbonyl (C=O) groups is 2. The number of likely N-dealkylation sites (N-methyl/N-ethyl adjacent to an activating group) is 1. The third-order valence-electron chi connectivity index (χ3n) is 5.51. The highest BCUT2D eigenvalue weighted by atomic mass is 19.1. The molecule has 34 heavy (non-hydrogen) atoms. The smallest absolute Gasteiger partial charge is 0.282 e. The Bertz CT molecular complexity index is 1200. The Morgan fingerprint density at radius 3 is 2.15 bits per heavy atom. The lowest BCUT2D eigenvalue weighted by Gasteiger charge is -2.22. The molecule has 1 aliphatic rings. The first-order valence-corrected chi connectivity index (χ1v) is 11.2. The first kappa shape index (κ1) is 23.2. The molecular weight excluding hydrogens is 431 g/mol. The van der Waals surface area contributed by atoms with Gasteiger partial charge in [-0.15, -0.1) is 0 Å². The number of halogens is 1. The van der Waals surface area contributed by atoms with E-state index in [0.717, 1.165) is 5.56 Å². The van der Waals surface area contributed by atoms with E-state index in [4.69, 9.17) is 4.74 Å². The second-order valence-electron chi connectivity index (χ2n) is 8.72. The predicted molar refractivity (Wildman–Crippen MR) is 130 cm³/mol. The Balaban J connectivity index is 1.69. The minimum atomic E-state index is -0.442. The lowest BCUT2D eigenvalue weighted by molar-refractivity contribution is -0.120. The Labute approximate surface area is 199 Å². The van der Waals surface area contributed by atoms with Crippen molar-refractivity contribution in [2.24, 2.45) is 5.92 Å². The van der Waals surface area contributed by atoms with Gasteiger partial charge in [0, 0.05) is 13.6 Å². The van der Waals surface area contributed by atoms with Crippen molar-refractivity contribution >= 4 is 23.1 Å². The van der Waals surface area contributed by atoms with Crippen LogP contribution in [0.3, 0.4) is 0 Å². The van der Waals surface area contributed by atoms with Crippen molar-refractivity contribution < 1.29 is 18.7 Å². The molecule has 0 spiro atoms. The van der Waals surface area contributed by atoms with Gasteiger partial charge in [-0.3, -0.25) is 9.59 Å². The molecule has 5 nitrogen and oxygen atoms in total. The lowest BCUT2D eigenvalue weighted by atomic mass is 10.0. The zero-order chi connectivity index (χ0) is 24.2. The molecule has 2 amide bonds. The fraction of sp³-hybridized carbons (Fsp3) is 0.214. The fourth-order valence-corrected chi connectivity index (χ4v) is 3.87. The average Bonchev–Trinajstić information content (AvgIpc) is 3.09. The highest BCUT2D eigenvalue weighted by Gasteiger charge is 2.41. The second kappa shape index (κ2) is 9.91. The molecule has 0 saturated heterocycles. The van der Waals surface area contributed by atoms with Gasteiger partial charge in [-0.2, -0.15) is 0 Å². The zero-order valence-electron chi connectivity index (χ0n) is 19.5. The van der Waals surface area contributed by atoms with Crippen molar-refractivity contribution in [1.29, 1.82) is 0 Å². The third-order valence-corrected chi connectivity index (χ3v) is 5.51. The van der Waals surface area contributed by atoms with Gasteiger partial charge >= 0.3 is 0 Å². The highest BCUT2D eigenvalue weighted by Crippen LogP contribution is 2.35. The van der Waals surface area contributed by atoms with E-state index in [1.165, 1.54) is 29.2 Å². The zero-order valence-corrected chi connectivity index (χ0v) is 19.5. The van der Waals surface area contributed by atoms with E-state index in [9.17, 15) is 14.0 Å². The van der Waals surface area contributed by atoms with Crippen molar-refractivity contribution in [2.45, 2.75) is 20.4 Å². The van der Waals surface area contributed by atoms with E-state index >= 15 is 0 Å². The summed E-state index contributed by atoms with van der Waals surface area (Å²) in [7, 11) is 1.78. The molecular formula is C28H27FN2O3. The van der Waals surface area contributed by atoms with Crippen molar-refractivity contribution in [1.82, 2.24) is 4.90 Å². The van der Waals surface area contributed by atoms with Gasteiger partial charge in [-0.25, -0.2) is 9.29 Å². The molecule has 3 aromatic carbocycles. The topological polar surface area (TPSA) is 49.9 Å². The summed E-state index contributed by atoms with van der Waals surface area (Å²) in [5.74, 6) is -0.216. The standard InChI is InChI=1S/C28H27FN2O3/c1-19(2)18-34-24-15-13-23(14-16-24)31-27(32)25(21-9-11-22(29)12-10-21)26(28(31)33)30(3)17-20-7-5-4-6-8-20/h4-16,19H,17-18H2,1-3H3. The van der Waals surface area contributed by atoms with Gasteiger partial charge in [0.15, 0.2) is 0 Å². The number of nitrogens with zero attached hydrogens (tertiary/aromatic N) is 2. The summed E-state index contributed by atoms with van der Waals surface area (Å²) < 4.78 is 19.3. The van der Waals surface area contributed by atoms with Gasteiger partial charge < -0.3 is 9.64 Å². The fourth-order valence-electron chi connectivity index (χ4n) is 3.87. The van der Waals surface area contributed by atoms with Gasteiger partial charge in [-0.05, 0) is 53.4 Å². The Kier molecular flexibility index (Phi) is 6.77. The molecule has 1 aliphatic heterocycles. The Hall–Kier alpha value is -3.93. The van der Waals surface area contributed by atoms with Gasteiger partial charge in [-0.1, -0.05) is 56.3 Å². The summed E-state index contributed by atoms with van der Waals surface area (Å²) >= 11 is 0. The number of anilines is 1. The van der Waals surface area contributed by atoms with Crippen molar-refractivity contribution in [3.63, 3.8) is 0 Å². The first-order valence-electron chi connectivity index (χ1n) is 11.2. The van der Waals surface area contributed by atoms with Crippen LogP contribution in [-0.4, -0.2) is 30.4 Å². The minimum Gasteiger partial charge on any atom is -0.493 e. The molecule has 0 unspecified atom stereocenters. The van der Waals surface area contributed by atoms with Crippen LogP contribution < -0.4 is 9.64 Å². The number of hydrogen-bond donors (Lipinski definition) is 0. The van der Waals surface area contributed by atoms with Crippen LogP contribution in [0.5, 0.6) is 5.75 Å². The number of benzene rings is 3. The summed E-state index contributed by atoms with van der Waals surface area (Å²) in [6.45, 7) is 5.14. The summed E-state index contributed by atoms with van der Waals surface area (Å²) in [5, 5.41) is 0. The summed E-state index contributed by atoms with van der Waals surface area (Å²) in [6, 6.07) is 22.2. The van der Waals surface area contributed by atoms with E-state index in [-0.39, 0.29) is 11.3 Å². The SMILES string of the molecule is CC(C)COc1ccc(N2C(=O)C(c3ccc(F)cc3)=C(N(C)Cc3ccccc3)C2=O)cc1. The van der Waals surface area contributed by atoms with E-state index in [1.807, 2.05) is 30.3 Å². The summed E-state index contributed by atoms with van der Waals surface area (Å²) in [6.07, 6.45) is 0. The molecule has 3 aromatic rings. The third kappa shape index (κ3) is 4.86. The van der Waals surface area contributed by atoms with E-state index < -0.39 is 17.6 Å². The summed E-state index contributed by atoms with van der Waals surface area (Å²) in [5.41, 5.74) is 2.48. The van der Waals surface area contributed by atoms with Crippen LogP contribution in [-0.2, 0) is 16.1 Å². The molecule has 0 N–H and O–H groups in total. The average molecular weight is 459 g/mol. The lowest BCUT2D eigenvalue weighted by Crippen LogP contribution is -2.34. The van der Waals surface area contributed by atoms with Crippen LogP contribution in [0.15, 0.2) is 84.6 Å². The van der Waals surface area contributed by atoms with Gasteiger partial charge in [0.05, 0.1) is 17.9 Å². The summed E-state index contributed by atoms with van der Waals surface area (Å²) in [4.78, 5) is 30.1. The number of hydrogen-bond acceptors (Lipinski definition) is 4. The van der Waals surface area contributed by atoms with Gasteiger partial charge in [0.2, 0.25) is 0 Å². The van der Waals surface area contributed by atoms with E-state index in [2.05, 4.69) is 13.8 Å². The van der Waals surface area contributed by atoms with Crippen LogP contribution in [0, 0.1) is 11.7 Å². The van der Waals surface area contributed by atoms with E-state index in [1.54, 1.807) is 36.2 Å². The molecule has 0 bridgehead atoms.